The van der Waals surface area contributed by atoms with Gasteiger partial charge < -0.3 is 10.4 Å². The second-order valence-electron chi connectivity index (χ2n) is 3.37. The smallest absolute Gasteiger partial charge is 0.271 e. The van der Waals surface area contributed by atoms with Crippen LogP contribution in [0.4, 0.5) is 0 Å². The highest BCUT2D eigenvalue weighted by molar-refractivity contribution is 7.07. The zero-order chi connectivity index (χ0) is 9.90. The number of aliphatic hydroxyl groups excluding tert-OH is 1. The van der Waals surface area contributed by atoms with Crippen molar-refractivity contribution in [1.29, 1.82) is 0 Å². The SMILES string of the molecule is CC(C)(CO)NC(=O)c1cscn1. The lowest BCUT2D eigenvalue weighted by molar-refractivity contribution is 0.0865. The first-order valence-electron chi connectivity index (χ1n) is 3.87. The van der Waals surface area contributed by atoms with Gasteiger partial charge in [-0.2, -0.15) is 0 Å². The summed E-state index contributed by atoms with van der Waals surface area (Å²) in [4.78, 5) is 15.3. The van der Waals surface area contributed by atoms with Gasteiger partial charge in [0.2, 0.25) is 0 Å². The van der Waals surface area contributed by atoms with E-state index in [9.17, 15) is 4.79 Å². The van der Waals surface area contributed by atoms with Crippen molar-refractivity contribution in [1.82, 2.24) is 10.3 Å². The van der Waals surface area contributed by atoms with Crippen molar-refractivity contribution in [3.8, 4) is 0 Å². The summed E-state index contributed by atoms with van der Waals surface area (Å²) in [5.41, 5.74) is 1.40. The molecule has 0 aliphatic rings. The average molecular weight is 200 g/mol. The van der Waals surface area contributed by atoms with E-state index in [-0.39, 0.29) is 12.5 Å². The number of carbonyl (C=O) groups is 1. The Morgan fingerprint density at radius 2 is 2.46 bits per heavy atom. The monoisotopic (exact) mass is 200 g/mol. The molecule has 13 heavy (non-hydrogen) atoms. The number of hydrogen-bond donors (Lipinski definition) is 2. The number of nitrogens with one attached hydrogen (secondary N) is 1. The lowest BCUT2D eigenvalue weighted by Crippen LogP contribution is -2.46. The standard InChI is InChI=1S/C8H12N2O2S/c1-8(2,4-11)10-7(12)6-3-13-5-9-6/h3,5,11H,4H2,1-2H3,(H,10,12). The molecular weight excluding hydrogens is 188 g/mol. The number of aromatic nitrogens is 1. The summed E-state index contributed by atoms with van der Waals surface area (Å²) in [7, 11) is 0. The van der Waals surface area contributed by atoms with Crippen molar-refractivity contribution in [3.05, 3.63) is 16.6 Å². The molecule has 0 spiro atoms. The Labute approximate surface area is 80.6 Å². The molecule has 0 fully saturated rings. The fourth-order valence-electron chi connectivity index (χ4n) is 0.736. The van der Waals surface area contributed by atoms with Crippen molar-refractivity contribution in [2.45, 2.75) is 19.4 Å². The first kappa shape index (κ1) is 10.1. The Balaban J connectivity index is 2.61. The van der Waals surface area contributed by atoms with Crippen LogP contribution in [0.5, 0.6) is 0 Å². The predicted molar refractivity (Wildman–Crippen MR) is 50.7 cm³/mol. The molecule has 72 valence electrons. The normalized spacial score (nSPS) is 11.3. The van der Waals surface area contributed by atoms with Crippen LogP contribution < -0.4 is 5.32 Å². The molecule has 5 heteroatoms. The van der Waals surface area contributed by atoms with Gasteiger partial charge in [0.1, 0.15) is 5.69 Å². The van der Waals surface area contributed by atoms with Crippen molar-refractivity contribution in [2.24, 2.45) is 0 Å². The third kappa shape index (κ3) is 2.78. The van der Waals surface area contributed by atoms with Crippen LogP contribution >= 0.6 is 11.3 Å². The molecular formula is C8H12N2O2S. The summed E-state index contributed by atoms with van der Waals surface area (Å²) in [6, 6.07) is 0. The Hall–Kier alpha value is -0.940. The quantitative estimate of drug-likeness (QED) is 0.752. The Morgan fingerprint density at radius 1 is 1.77 bits per heavy atom. The van der Waals surface area contributed by atoms with Gasteiger partial charge in [0.25, 0.3) is 5.91 Å². The number of carbonyl (C=O) groups excluding carboxylic acids is 1. The van der Waals surface area contributed by atoms with E-state index < -0.39 is 5.54 Å². The highest BCUT2D eigenvalue weighted by Gasteiger charge is 2.20. The van der Waals surface area contributed by atoms with Crippen LogP contribution in [0.2, 0.25) is 0 Å². The highest BCUT2D eigenvalue weighted by Crippen LogP contribution is 2.05. The van der Waals surface area contributed by atoms with Crippen LogP contribution in [0.3, 0.4) is 0 Å². The number of aliphatic hydroxyl groups is 1. The molecule has 2 N–H and O–H groups in total. The molecule has 0 saturated carbocycles. The molecule has 0 atom stereocenters. The minimum Gasteiger partial charge on any atom is -0.394 e. The van der Waals surface area contributed by atoms with Gasteiger partial charge in [0, 0.05) is 5.38 Å². The molecule has 0 bridgehead atoms. The van der Waals surface area contributed by atoms with E-state index in [1.807, 2.05) is 0 Å². The minimum atomic E-state index is -0.597. The highest BCUT2D eigenvalue weighted by atomic mass is 32.1. The van der Waals surface area contributed by atoms with Gasteiger partial charge >= 0.3 is 0 Å². The fraction of sp³-hybridized carbons (Fsp3) is 0.500. The molecule has 1 aromatic heterocycles. The summed E-state index contributed by atoms with van der Waals surface area (Å²) >= 11 is 1.37. The molecule has 0 radical (unpaired) electrons. The molecule has 1 heterocycles. The van der Waals surface area contributed by atoms with E-state index in [1.54, 1.807) is 24.7 Å². The largest absolute Gasteiger partial charge is 0.394 e. The van der Waals surface area contributed by atoms with E-state index >= 15 is 0 Å². The Bertz CT molecular complexity index is 282. The maximum Gasteiger partial charge on any atom is 0.271 e. The number of thiazole rings is 1. The summed E-state index contributed by atoms with van der Waals surface area (Å²) in [5, 5.41) is 13.2. The van der Waals surface area contributed by atoms with Crippen molar-refractivity contribution >= 4 is 17.2 Å². The van der Waals surface area contributed by atoms with Gasteiger partial charge in [0.15, 0.2) is 0 Å². The second kappa shape index (κ2) is 3.85. The van der Waals surface area contributed by atoms with Gasteiger partial charge in [-0.25, -0.2) is 4.98 Å². The lowest BCUT2D eigenvalue weighted by atomic mass is 10.1. The molecule has 0 unspecified atom stereocenters. The van der Waals surface area contributed by atoms with Crippen molar-refractivity contribution < 1.29 is 9.90 Å². The van der Waals surface area contributed by atoms with E-state index in [4.69, 9.17) is 5.11 Å². The maximum absolute atomic E-state index is 11.4. The predicted octanol–water partition coefficient (Wildman–Crippen LogP) is 0.644. The van der Waals surface area contributed by atoms with Crippen LogP contribution in [-0.2, 0) is 0 Å². The van der Waals surface area contributed by atoms with Gasteiger partial charge in [-0.3, -0.25) is 4.79 Å². The second-order valence-corrected chi connectivity index (χ2v) is 4.09. The lowest BCUT2D eigenvalue weighted by Gasteiger charge is -2.22. The summed E-state index contributed by atoms with van der Waals surface area (Å²) in [6.45, 7) is 3.40. The van der Waals surface area contributed by atoms with E-state index in [2.05, 4.69) is 10.3 Å². The third-order valence-corrected chi connectivity index (χ3v) is 2.10. The third-order valence-electron chi connectivity index (χ3n) is 1.51. The van der Waals surface area contributed by atoms with Crippen LogP contribution in [0.25, 0.3) is 0 Å². The van der Waals surface area contributed by atoms with Gasteiger partial charge in [-0.05, 0) is 13.8 Å². The molecule has 0 aromatic carbocycles. The van der Waals surface area contributed by atoms with Crippen LogP contribution in [0.15, 0.2) is 10.9 Å². The first-order chi connectivity index (χ1) is 6.05. The van der Waals surface area contributed by atoms with Crippen LogP contribution in [0, 0.1) is 0 Å². The molecule has 0 aliphatic carbocycles. The number of hydrogen-bond acceptors (Lipinski definition) is 4. The summed E-state index contributed by atoms with van der Waals surface area (Å²) < 4.78 is 0. The Kier molecular flexibility index (Phi) is 3.00. The van der Waals surface area contributed by atoms with Crippen LogP contribution in [-0.4, -0.2) is 28.1 Å². The Morgan fingerprint density at radius 3 is 2.92 bits per heavy atom. The van der Waals surface area contributed by atoms with Gasteiger partial charge in [-0.1, -0.05) is 0 Å². The number of amides is 1. The average Bonchev–Trinajstić information content (AvgIpc) is 2.55. The van der Waals surface area contributed by atoms with Crippen molar-refractivity contribution in [2.75, 3.05) is 6.61 Å². The van der Waals surface area contributed by atoms with Gasteiger partial charge in [-0.15, -0.1) is 11.3 Å². The van der Waals surface area contributed by atoms with Crippen LogP contribution in [0.1, 0.15) is 24.3 Å². The number of rotatable bonds is 3. The molecule has 4 nitrogen and oxygen atoms in total. The topological polar surface area (TPSA) is 62.2 Å². The zero-order valence-corrected chi connectivity index (χ0v) is 8.39. The van der Waals surface area contributed by atoms with E-state index in [0.29, 0.717) is 5.69 Å². The van der Waals surface area contributed by atoms with E-state index in [1.165, 1.54) is 11.3 Å². The van der Waals surface area contributed by atoms with Crippen molar-refractivity contribution in [3.63, 3.8) is 0 Å². The molecule has 1 aromatic rings. The summed E-state index contributed by atoms with van der Waals surface area (Å²) in [5.74, 6) is -0.250. The zero-order valence-electron chi connectivity index (χ0n) is 7.57. The molecule has 1 amide bonds. The minimum absolute atomic E-state index is 0.0944. The maximum atomic E-state index is 11.4. The first-order valence-corrected chi connectivity index (χ1v) is 4.81. The molecule has 1 rings (SSSR count). The molecule has 0 saturated heterocycles. The fourth-order valence-corrected chi connectivity index (χ4v) is 1.27. The number of nitrogens with zero attached hydrogens (tertiary/aromatic N) is 1. The summed E-state index contributed by atoms with van der Waals surface area (Å²) in [6.07, 6.45) is 0. The van der Waals surface area contributed by atoms with Gasteiger partial charge in [0.05, 0.1) is 17.7 Å². The van der Waals surface area contributed by atoms with E-state index in [0.717, 1.165) is 0 Å². The molecule has 0 aliphatic heterocycles.